The first kappa shape index (κ1) is 13.3. The molecule has 1 rings (SSSR count). The molecule has 5 N–H and O–H groups in total. The number of amides is 3. The molecule has 0 radical (unpaired) electrons. The predicted octanol–water partition coefficient (Wildman–Crippen LogP) is -0.586. The maximum Gasteiger partial charge on any atom is 0.326 e. The molecule has 1 aliphatic carbocycles. The Morgan fingerprint density at radius 3 is 2.47 bits per heavy atom. The van der Waals surface area contributed by atoms with Crippen molar-refractivity contribution in [2.75, 3.05) is 6.54 Å². The Morgan fingerprint density at radius 2 is 2.00 bits per heavy atom. The summed E-state index contributed by atoms with van der Waals surface area (Å²) in [6.07, 6.45) is 2.89. The van der Waals surface area contributed by atoms with Gasteiger partial charge in [0.15, 0.2) is 0 Å². The molecule has 0 bridgehead atoms. The highest BCUT2D eigenvalue weighted by Crippen LogP contribution is 2.31. The fraction of sp³-hybridized carbons (Fsp3) is 0.700. The second-order valence-corrected chi connectivity index (χ2v) is 4.19. The van der Waals surface area contributed by atoms with Gasteiger partial charge < -0.3 is 21.5 Å². The molecule has 0 saturated heterocycles. The van der Waals surface area contributed by atoms with Crippen molar-refractivity contribution in [2.45, 2.75) is 31.7 Å². The molecule has 0 aliphatic heterocycles. The molecule has 96 valence electrons. The van der Waals surface area contributed by atoms with E-state index in [2.05, 4.69) is 10.6 Å². The van der Waals surface area contributed by atoms with Crippen LogP contribution in [-0.2, 0) is 9.59 Å². The van der Waals surface area contributed by atoms with Gasteiger partial charge >= 0.3 is 12.0 Å². The van der Waals surface area contributed by atoms with E-state index in [0.29, 0.717) is 12.5 Å². The summed E-state index contributed by atoms with van der Waals surface area (Å²) in [7, 11) is 0. The van der Waals surface area contributed by atoms with Crippen LogP contribution in [0.25, 0.3) is 0 Å². The lowest BCUT2D eigenvalue weighted by atomic mass is 10.2. The van der Waals surface area contributed by atoms with Crippen molar-refractivity contribution in [3.05, 3.63) is 0 Å². The number of carbonyl (C=O) groups excluding carboxylic acids is 2. The van der Waals surface area contributed by atoms with Crippen LogP contribution in [0.3, 0.4) is 0 Å². The van der Waals surface area contributed by atoms with Crippen LogP contribution >= 0.6 is 0 Å². The SMILES string of the molecule is NC(=O)C[C@@H](NC(=O)NCCC1CC1)C(=O)O. The van der Waals surface area contributed by atoms with Crippen molar-refractivity contribution in [3.63, 3.8) is 0 Å². The number of carboxylic acids is 1. The topological polar surface area (TPSA) is 122 Å². The molecule has 0 unspecified atom stereocenters. The second-order valence-electron chi connectivity index (χ2n) is 4.19. The van der Waals surface area contributed by atoms with Gasteiger partial charge in [-0.05, 0) is 12.3 Å². The summed E-state index contributed by atoms with van der Waals surface area (Å²) in [6, 6.07) is -1.85. The molecule has 0 aromatic rings. The van der Waals surface area contributed by atoms with Crippen LogP contribution in [0.4, 0.5) is 4.79 Å². The lowest BCUT2D eigenvalue weighted by molar-refractivity contribution is -0.140. The molecule has 7 heteroatoms. The summed E-state index contributed by atoms with van der Waals surface area (Å²) < 4.78 is 0. The first-order valence-electron chi connectivity index (χ1n) is 5.54. The zero-order valence-corrected chi connectivity index (χ0v) is 9.44. The molecule has 1 aliphatic rings. The van der Waals surface area contributed by atoms with Crippen LogP contribution in [0.1, 0.15) is 25.7 Å². The molecule has 0 aromatic carbocycles. The number of rotatable bonds is 7. The lowest BCUT2D eigenvalue weighted by Crippen LogP contribution is -2.47. The summed E-state index contributed by atoms with van der Waals surface area (Å²) >= 11 is 0. The standard InChI is InChI=1S/C10H17N3O4/c11-8(14)5-7(9(15)16)13-10(17)12-4-3-6-1-2-6/h6-7H,1-5H2,(H2,11,14)(H,15,16)(H2,12,13,17)/t7-/m1/s1. The van der Waals surface area contributed by atoms with Crippen molar-refractivity contribution in [1.82, 2.24) is 10.6 Å². The van der Waals surface area contributed by atoms with Gasteiger partial charge in [0.2, 0.25) is 5.91 Å². The Morgan fingerprint density at radius 1 is 1.35 bits per heavy atom. The van der Waals surface area contributed by atoms with Crippen LogP contribution in [0.2, 0.25) is 0 Å². The molecule has 3 amide bonds. The highest BCUT2D eigenvalue weighted by molar-refractivity contribution is 5.87. The third-order valence-corrected chi connectivity index (χ3v) is 2.54. The Hall–Kier alpha value is -1.79. The Balaban J connectivity index is 2.24. The van der Waals surface area contributed by atoms with Crippen molar-refractivity contribution in [1.29, 1.82) is 0 Å². The third kappa shape index (κ3) is 5.74. The number of carbonyl (C=O) groups is 3. The highest BCUT2D eigenvalue weighted by Gasteiger charge is 2.23. The van der Waals surface area contributed by atoms with E-state index in [1.54, 1.807) is 0 Å². The quantitative estimate of drug-likeness (QED) is 0.477. The third-order valence-electron chi connectivity index (χ3n) is 2.54. The average Bonchev–Trinajstić information content (AvgIpc) is 2.99. The maximum atomic E-state index is 11.3. The lowest BCUT2D eigenvalue weighted by Gasteiger charge is -2.13. The minimum Gasteiger partial charge on any atom is -0.480 e. The molecule has 1 fully saturated rings. The van der Waals surface area contributed by atoms with Crippen LogP contribution in [-0.4, -0.2) is 35.6 Å². The maximum absolute atomic E-state index is 11.3. The fourth-order valence-corrected chi connectivity index (χ4v) is 1.41. The number of carboxylic acid groups (broad SMARTS) is 1. The fourth-order valence-electron chi connectivity index (χ4n) is 1.41. The molecular weight excluding hydrogens is 226 g/mol. The molecule has 0 spiro atoms. The number of nitrogens with two attached hydrogens (primary N) is 1. The Labute approximate surface area is 98.7 Å². The van der Waals surface area contributed by atoms with Crippen molar-refractivity contribution < 1.29 is 19.5 Å². The average molecular weight is 243 g/mol. The van der Waals surface area contributed by atoms with Crippen LogP contribution < -0.4 is 16.4 Å². The zero-order valence-electron chi connectivity index (χ0n) is 9.44. The van der Waals surface area contributed by atoms with E-state index < -0.39 is 30.4 Å². The van der Waals surface area contributed by atoms with Gasteiger partial charge in [-0.1, -0.05) is 12.8 Å². The Bertz CT molecular complexity index is 315. The van der Waals surface area contributed by atoms with Crippen molar-refractivity contribution in [2.24, 2.45) is 11.7 Å². The summed E-state index contributed by atoms with van der Waals surface area (Å²) in [4.78, 5) is 32.6. The normalized spacial score (nSPS) is 16.0. The van der Waals surface area contributed by atoms with Crippen LogP contribution in [0.5, 0.6) is 0 Å². The minimum absolute atomic E-state index is 0.411. The molecule has 1 saturated carbocycles. The van der Waals surface area contributed by atoms with Crippen LogP contribution in [0.15, 0.2) is 0 Å². The number of urea groups is 1. The first-order valence-corrected chi connectivity index (χ1v) is 5.54. The summed E-state index contributed by atoms with van der Waals surface area (Å²) in [5.74, 6) is -1.35. The van der Waals surface area contributed by atoms with Gasteiger partial charge in [-0.25, -0.2) is 9.59 Å². The van der Waals surface area contributed by atoms with E-state index in [1.165, 1.54) is 12.8 Å². The van der Waals surface area contributed by atoms with E-state index in [4.69, 9.17) is 10.8 Å². The second kappa shape index (κ2) is 6.07. The van der Waals surface area contributed by atoms with Gasteiger partial charge in [-0.2, -0.15) is 0 Å². The van der Waals surface area contributed by atoms with Crippen molar-refractivity contribution in [3.8, 4) is 0 Å². The molecule has 0 aromatic heterocycles. The van der Waals surface area contributed by atoms with E-state index in [9.17, 15) is 14.4 Å². The summed E-state index contributed by atoms with van der Waals surface area (Å²) in [6.45, 7) is 0.513. The van der Waals surface area contributed by atoms with Gasteiger partial charge in [-0.3, -0.25) is 4.79 Å². The number of aliphatic carboxylic acids is 1. The van der Waals surface area contributed by atoms with E-state index in [0.717, 1.165) is 6.42 Å². The smallest absolute Gasteiger partial charge is 0.326 e. The monoisotopic (exact) mass is 243 g/mol. The van der Waals surface area contributed by atoms with Gasteiger partial charge in [0.1, 0.15) is 6.04 Å². The van der Waals surface area contributed by atoms with Gasteiger partial charge in [0, 0.05) is 6.54 Å². The molecule has 0 heterocycles. The molecule has 7 nitrogen and oxygen atoms in total. The van der Waals surface area contributed by atoms with Gasteiger partial charge in [0.05, 0.1) is 6.42 Å². The highest BCUT2D eigenvalue weighted by atomic mass is 16.4. The van der Waals surface area contributed by atoms with E-state index in [1.807, 2.05) is 0 Å². The number of hydrogen-bond acceptors (Lipinski definition) is 3. The van der Waals surface area contributed by atoms with Gasteiger partial charge in [0.25, 0.3) is 0 Å². The van der Waals surface area contributed by atoms with E-state index >= 15 is 0 Å². The first-order chi connectivity index (χ1) is 7.99. The zero-order chi connectivity index (χ0) is 12.8. The largest absolute Gasteiger partial charge is 0.480 e. The molecule has 17 heavy (non-hydrogen) atoms. The number of hydrogen-bond donors (Lipinski definition) is 4. The van der Waals surface area contributed by atoms with Crippen molar-refractivity contribution >= 4 is 17.9 Å². The number of nitrogens with one attached hydrogen (secondary N) is 2. The minimum atomic E-state index is -1.28. The molecule has 1 atom stereocenters. The molecular formula is C10H17N3O4. The summed E-state index contributed by atoms with van der Waals surface area (Å²) in [5, 5.41) is 13.5. The summed E-state index contributed by atoms with van der Waals surface area (Å²) in [5.41, 5.74) is 4.88. The Kier molecular flexibility index (Phi) is 4.74. The number of primary amides is 1. The van der Waals surface area contributed by atoms with Gasteiger partial charge in [-0.15, -0.1) is 0 Å². The van der Waals surface area contributed by atoms with E-state index in [-0.39, 0.29) is 0 Å². The predicted molar refractivity (Wildman–Crippen MR) is 59.1 cm³/mol. The van der Waals surface area contributed by atoms with Crippen LogP contribution in [0, 0.1) is 5.92 Å².